The second-order valence-corrected chi connectivity index (χ2v) is 11.2. The summed E-state index contributed by atoms with van der Waals surface area (Å²) in [6.45, 7) is 8.27. The molecule has 0 saturated heterocycles. The number of nitrogens with zero attached hydrogens (tertiary/aromatic N) is 1. The van der Waals surface area contributed by atoms with Gasteiger partial charge >= 0.3 is 5.97 Å². The molecule has 0 atom stereocenters. The van der Waals surface area contributed by atoms with E-state index in [1.165, 1.54) is 25.3 Å². The van der Waals surface area contributed by atoms with E-state index in [4.69, 9.17) is 18.9 Å². The molecule has 4 aromatic rings. The smallest absolute Gasteiger partial charge is 0.343 e. The lowest BCUT2D eigenvalue weighted by Gasteiger charge is -2.33. The highest BCUT2D eigenvalue weighted by molar-refractivity contribution is 5.92. The number of methoxy groups -OCH3 is 2. The number of rotatable bonds is 9. The van der Waals surface area contributed by atoms with Crippen LogP contribution in [0.5, 0.6) is 23.0 Å². The second-order valence-electron chi connectivity index (χ2n) is 11.2. The summed E-state index contributed by atoms with van der Waals surface area (Å²) >= 11 is 0. The quantitative estimate of drug-likeness (QED) is 0.0899. The van der Waals surface area contributed by atoms with Crippen molar-refractivity contribution in [3.8, 4) is 34.1 Å². The van der Waals surface area contributed by atoms with Crippen LogP contribution in [0.3, 0.4) is 0 Å². The Morgan fingerprint density at radius 1 is 0.864 bits per heavy atom. The van der Waals surface area contributed by atoms with Gasteiger partial charge in [0, 0.05) is 34.5 Å². The third-order valence-electron chi connectivity index (χ3n) is 7.43. The van der Waals surface area contributed by atoms with Crippen molar-refractivity contribution in [2.45, 2.75) is 39.8 Å². The van der Waals surface area contributed by atoms with E-state index in [-0.39, 0.29) is 23.6 Å². The number of hydrogen-bond acceptors (Lipinski definition) is 8. The van der Waals surface area contributed by atoms with E-state index in [0.29, 0.717) is 22.8 Å². The van der Waals surface area contributed by atoms with Gasteiger partial charge in [0.2, 0.25) is 0 Å². The van der Waals surface area contributed by atoms with Crippen molar-refractivity contribution in [2.75, 3.05) is 19.5 Å². The first-order valence-electron chi connectivity index (χ1n) is 14.1. The Labute approximate surface area is 256 Å². The number of nitro benzene ring substituents is 1. The van der Waals surface area contributed by atoms with Crippen LogP contribution in [-0.2, 0) is 6.61 Å². The van der Waals surface area contributed by atoms with E-state index in [0.717, 1.165) is 39.1 Å². The summed E-state index contributed by atoms with van der Waals surface area (Å²) in [5, 5.41) is 15.0. The summed E-state index contributed by atoms with van der Waals surface area (Å²) in [4.78, 5) is 23.8. The summed E-state index contributed by atoms with van der Waals surface area (Å²) in [5.41, 5.74) is 6.51. The third kappa shape index (κ3) is 6.22. The summed E-state index contributed by atoms with van der Waals surface area (Å²) in [7, 11) is 3.04. The minimum absolute atomic E-state index is 0.0800. The molecule has 0 aromatic heterocycles. The predicted molar refractivity (Wildman–Crippen MR) is 170 cm³/mol. The van der Waals surface area contributed by atoms with Gasteiger partial charge in [0.05, 0.1) is 36.3 Å². The van der Waals surface area contributed by atoms with Crippen molar-refractivity contribution >= 4 is 22.9 Å². The largest absolute Gasteiger partial charge is 0.496 e. The summed E-state index contributed by atoms with van der Waals surface area (Å²) in [6.07, 6.45) is 2.15. The predicted octanol–water partition coefficient (Wildman–Crippen LogP) is 7.99. The number of carbonyl (C=O) groups excluding carboxylic acids is 1. The van der Waals surface area contributed by atoms with E-state index in [9.17, 15) is 14.9 Å². The molecular weight excluding hydrogens is 560 g/mol. The molecule has 0 radical (unpaired) electrons. The Kier molecular flexibility index (Phi) is 8.31. The Balaban J connectivity index is 1.56. The number of carbonyl (C=O) groups is 1. The van der Waals surface area contributed by atoms with Crippen LogP contribution in [0.15, 0.2) is 78.9 Å². The fraction of sp³-hybridized carbons (Fsp3) is 0.229. The number of nitro groups is 1. The van der Waals surface area contributed by atoms with E-state index in [1.807, 2.05) is 44.2 Å². The molecule has 1 aliphatic heterocycles. The van der Waals surface area contributed by atoms with Gasteiger partial charge in [-0.1, -0.05) is 29.8 Å². The Morgan fingerprint density at radius 3 is 2.25 bits per heavy atom. The standard InChI is InChI=1S/C35H34N2O7/c1-21-7-9-23(10-8-21)34(38)44-25-12-13-27(31(18-25)42-6)26-14-15-29-33(22(2)19-35(3,4)36-29)28(26)20-43-32-17-24(37(39)40)11-16-30(32)41-5/h7-19,36H,20H2,1-6H3. The Morgan fingerprint density at radius 2 is 1.57 bits per heavy atom. The van der Waals surface area contributed by atoms with Gasteiger partial charge in [0.1, 0.15) is 18.1 Å². The van der Waals surface area contributed by atoms with Crippen LogP contribution < -0.4 is 24.3 Å². The third-order valence-corrected chi connectivity index (χ3v) is 7.43. The molecule has 5 rings (SSSR count). The van der Waals surface area contributed by atoms with Crippen molar-refractivity contribution in [3.63, 3.8) is 0 Å². The molecule has 0 spiro atoms. The summed E-state index contributed by atoms with van der Waals surface area (Å²) < 4.78 is 23.1. The molecule has 0 amide bonds. The van der Waals surface area contributed by atoms with Crippen LogP contribution >= 0.6 is 0 Å². The van der Waals surface area contributed by atoms with Crippen LogP contribution in [0.25, 0.3) is 16.7 Å². The second kappa shape index (κ2) is 12.1. The minimum Gasteiger partial charge on any atom is -0.496 e. The lowest BCUT2D eigenvalue weighted by Crippen LogP contribution is -2.32. The van der Waals surface area contributed by atoms with Gasteiger partial charge < -0.3 is 24.3 Å². The van der Waals surface area contributed by atoms with Crippen LogP contribution in [0.1, 0.15) is 47.8 Å². The minimum atomic E-state index is -0.473. The first-order chi connectivity index (χ1) is 21.0. The average molecular weight is 595 g/mol. The fourth-order valence-corrected chi connectivity index (χ4v) is 5.46. The highest BCUT2D eigenvalue weighted by Gasteiger charge is 2.27. The molecule has 0 saturated carbocycles. The molecule has 4 aromatic carbocycles. The molecule has 9 nitrogen and oxygen atoms in total. The molecule has 0 unspecified atom stereocenters. The zero-order valence-corrected chi connectivity index (χ0v) is 25.5. The van der Waals surface area contributed by atoms with Crippen LogP contribution in [0, 0.1) is 17.0 Å². The van der Waals surface area contributed by atoms with Gasteiger partial charge in [-0.05, 0) is 75.2 Å². The Hall–Kier alpha value is -5.31. The number of allylic oxidation sites excluding steroid dienone is 1. The van der Waals surface area contributed by atoms with Gasteiger partial charge in [0.25, 0.3) is 5.69 Å². The van der Waals surface area contributed by atoms with Crippen molar-refractivity contribution in [1.29, 1.82) is 0 Å². The number of fused-ring (bicyclic) bond motifs is 1. The molecular formula is C35H34N2O7. The lowest BCUT2D eigenvalue weighted by atomic mass is 9.85. The van der Waals surface area contributed by atoms with Crippen LogP contribution in [-0.4, -0.2) is 30.7 Å². The summed E-state index contributed by atoms with van der Waals surface area (Å²) in [5.74, 6) is 1.00. The van der Waals surface area contributed by atoms with Crippen LogP contribution in [0.2, 0.25) is 0 Å². The number of hydrogen-bond donors (Lipinski definition) is 1. The van der Waals surface area contributed by atoms with Gasteiger partial charge in [0.15, 0.2) is 11.5 Å². The van der Waals surface area contributed by atoms with Gasteiger partial charge in [-0.3, -0.25) is 10.1 Å². The molecule has 0 aliphatic carbocycles. The van der Waals surface area contributed by atoms with E-state index in [1.54, 1.807) is 31.4 Å². The van der Waals surface area contributed by atoms with E-state index in [2.05, 4.69) is 25.2 Å². The number of esters is 1. The Bertz CT molecular complexity index is 1780. The maximum absolute atomic E-state index is 12.8. The zero-order valence-electron chi connectivity index (χ0n) is 25.5. The number of aryl methyl sites for hydroxylation is 1. The van der Waals surface area contributed by atoms with Crippen molar-refractivity contribution in [1.82, 2.24) is 0 Å². The molecule has 9 heteroatoms. The van der Waals surface area contributed by atoms with Gasteiger partial charge in [-0.25, -0.2) is 4.79 Å². The topological polar surface area (TPSA) is 109 Å². The molecule has 1 N–H and O–H groups in total. The van der Waals surface area contributed by atoms with Crippen molar-refractivity contribution in [2.24, 2.45) is 0 Å². The number of benzene rings is 4. The first kappa shape index (κ1) is 30.2. The van der Waals surface area contributed by atoms with E-state index >= 15 is 0 Å². The number of ether oxygens (including phenoxy) is 4. The molecule has 44 heavy (non-hydrogen) atoms. The normalized spacial score (nSPS) is 13.2. The molecule has 1 heterocycles. The number of anilines is 1. The maximum atomic E-state index is 12.8. The fourth-order valence-electron chi connectivity index (χ4n) is 5.46. The molecule has 1 aliphatic rings. The number of nitrogens with one attached hydrogen (secondary N) is 1. The number of non-ortho nitro benzene ring substituents is 1. The van der Waals surface area contributed by atoms with Gasteiger partial charge in [-0.15, -0.1) is 0 Å². The SMILES string of the molecule is COc1ccc([N+](=O)[O-])cc1OCc1c(-c2ccc(OC(=O)c3ccc(C)cc3)cc2OC)ccc2c1C(C)=CC(C)(C)N2. The van der Waals surface area contributed by atoms with Crippen LogP contribution in [0.4, 0.5) is 11.4 Å². The zero-order chi connectivity index (χ0) is 31.6. The first-order valence-corrected chi connectivity index (χ1v) is 14.1. The maximum Gasteiger partial charge on any atom is 0.343 e. The molecule has 226 valence electrons. The lowest BCUT2D eigenvalue weighted by molar-refractivity contribution is -0.385. The van der Waals surface area contributed by atoms with Gasteiger partial charge in [-0.2, -0.15) is 0 Å². The van der Waals surface area contributed by atoms with Crippen molar-refractivity contribution in [3.05, 3.63) is 111 Å². The highest BCUT2D eigenvalue weighted by Crippen LogP contribution is 2.44. The average Bonchev–Trinajstić information content (AvgIpc) is 2.99. The molecule has 0 fully saturated rings. The van der Waals surface area contributed by atoms with E-state index < -0.39 is 10.9 Å². The highest BCUT2D eigenvalue weighted by atomic mass is 16.6. The summed E-state index contributed by atoms with van der Waals surface area (Å²) in [6, 6.07) is 20.7. The van der Waals surface area contributed by atoms with Crippen molar-refractivity contribution < 1.29 is 28.7 Å². The molecule has 0 bridgehead atoms. The monoisotopic (exact) mass is 594 g/mol.